The van der Waals surface area contributed by atoms with Gasteiger partial charge in [-0.3, -0.25) is 9.88 Å². The van der Waals surface area contributed by atoms with Crippen LogP contribution in [0.3, 0.4) is 0 Å². The molecule has 1 aromatic heterocycles. The van der Waals surface area contributed by atoms with Crippen LogP contribution in [0.15, 0.2) is 30.5 Å². The number of aromatic nitrogens is 1. The van der Waals surface area contributed by atoms with Crippen molar-refractivity contribution < 1.29 is 13.9 Å². The van der Waals surface area contributed by atoms with Gasteiger partial charge >= 0.3 is 0 Å². The fourth-order valence-corrected chi connectivity index (χ4v) is 2.19. The number of aliphatic hydroxyl groups excluding tert-OH is 1. The summed E-state index contributed by atoms with van der Waals surface area (Å²) in [5, 5.41) is 9.77. The second-order valence-corrected chi connectivity index (χ2v) is 4.56. The molecule has 4 nitrogen and oxygen atoms in total. The third-order valence-corrected chi connectivity index (χ3v) is 3.09. The van der Waals surface area contributed by atoms with Gasteiger partial charge in [-0.2, -0.15) is 0 Å². The number of nitrogen functional groups attached to an aromatic ring is 1. The van der Waals surface area contributed by atoms with E-state index in [0.717, 1.165) is 10.9 Å². The van der Waals surface area contributed by atoms with Crippen molar-refractivity contribution in [2.75, 3.05) is 25.4 Å². The lowest BCUT2D eigenvalue weighted by Crippen LogP contribution is -2.31. The highest BCUT2D eigenvalue weighted by atomic mass is 19.3. The third kappa shape index (κ3) is 3.40. The SMILES string of the molecule is Nc1ccc(CN(CCO)CC(F)F)c2ncccc12. The van der Waals surface area contributed by atoms with Crippen LogP contribution in [-0.2, 0) is 6.54 Å². The van der Waals surface area contributed by atoms with E-state index in [2.05, 4.69) is 4.98 Å². The lowest BCUT2D eigenvalue weighted by Gasteiger charge is -2.21. The normalized spacial score (nSPS) is 11.7. The Morgan fingerprint density at radius 1 is 1.30 bits per heavy atom. The van der Waals surface area contributed by atoms with Crippen molar-refractivity contribution in [2.24, 2.45) is 0 Å². The molecular formula is C14H17F2N3O. The summed E-state index contributed by atoms with van der Waals surface area (Å²) in [7, 11) is 0. The molecule has 0 atom stereocenters. The van der Waals surface area contributed by atoms with E-state index >= 15 is 0 Å². The van der Waals surface area contributed by atoms with Crippen molar-refractivity contribution in [3.05, 3.63) is 36.0 Å². The predicted molar refractivity (Wildman–Crippen MR) is 74.5 cm³/mol. The molecule has 0 bridgehead atoms. The number of pyridine rings is 1. The average molecular weight is 281 g/mol. The Balaban J connectivity index is 2.30. The fraction of sp³-hybridized carbons (Fsp3) is 0.357. The second kappa shape index (κ2) is 6.58. The van der Waals surface area contributed by atoms with Crippen LogP contribution in [0.2, 0.25) is 0 Å². The van der Waals surface area contributed by atoms with Crippen molar-refractivity contribution in [1.29, 1.82) is 0 Å². The standard InChI is InChI=1S/C14H17F2N3O/c15-13(16)9-19(6-7-20)8-10-3-4-12(17)11-2-1-5-18-14(10)11/h1-5,13,20H,6-9,17H2. The number of rotatable bonds is 6. The lowest BCUT2D eigenvalue weighted by atomic mass is 10.1. The van der Waals surface area contributed by atoms with Crippen LogP contribution in [0.4, 0.5) is 14.5 Å². The molecule has 0 fully saturated rings. The van der Waals surface area contributed by atoms with Crippen molar-refractivity contribution in [3.8, 4) is 0 Å². The molecule has 1 aromatic carbocycles. The van der Waals surface area contributed by atoms with Crippen LogP contribution in [0.25, 0.3) is 10.9 Å². The molecule has 0 saturated carbocycles. The van der Waals surface area contributed by atoms with E-state index in [1.807, 2.05) is 6.07 Å². The number of anilines is 1. The Hall–Kier alpha value is -1.79. The molecular weight excluding hydrogens is 264 g/mol. The summed E-state index contributed by atoms with van der Waals surface area (Å²) in [5.41, 5.74) is 8.03. The first-order valence-electron chi connectivity index (χ1n) is 6.35. The maximum Gasteiger partial charge on any atom is 0.251 e. The summed E-state index contributed by atoms with van der Waals surface area (Å²) in [6.45, 7) is -0.0337. The van der Waals surface area contributed by atoms with Gasteiger partial charge in [0, 0.05) is 30.4 Å². The summed E-state index contributed by atoms with van der Waals surface area (Å²) in [6.07, 6.45) is -0.788. The molecule has 0 aliphatic rings. The van der Waals surface area contributed by atoms with Gasteiger partial charge in [-0.15, -0.1) is 0 Å². The van der Waals surface area contributed by atoms with Crippen molar-refractivity contribution in [2.45, 2.75) is 13.0 Å². The Bertz CT molecular complexity index is 577. The van der Waals surface area contributed by atoms with Gasteiger partial charge in [0.05, 0.1) is 18.7 Å². The fourth-order valence-electron chi connectivity index (χ4n) is 2.19. The maximum absolute atomic E-state index is 12.5. The summed E-state index contributed by atoms with van der Waals surface area (Å²) >= 11 is 0. The van der Waals surface area contributed by atoms with Crippen LogP contribution in [0.5, 0.6) is 0 Å². The van der Waals surface area contributed by atoms with Crippen LogP contribution < -0.4 is 5.73 Å². The number of benzene rings is 1. The van der Waals surface area contributed by atoms with Gasteiger partial charge in [-0.1, -0.05) is 6.07 Å². The number of hydrogen-bond donors (Lipinski definition) is 2. The highest BCUT2D eigenvalue weighted by molar-refractivity contribution is 5.92. The van der Waals surface area contributed by atoms with E-state index < -0.39 is 6.43 Å². The van der Waals surface area contributed by atoms with Crippen LogP contribution in [0.1, 0.15) is 5.56 Å². The van der Waals surface area contributed by atoms with E-state index in [0.29, 0.717) is 17.7 Å². The first-order chi connectivity index (χ1) is 9.61. The van der Waals surface area contributed by atoms with Crippen molar-refractivity contribution in [1.82, 2.24) is 9.88 Å². The Morgan fingerprint density at radius 2 is 2.10 bits per heavy atom. The smallest absolute Gasteiger partial charge is 0.251 e. The number of nitrogens with zero attached hydrogens (tertiary/aromatic N) is 2. The Kier molecular flexibility index (Phi) is 4.81. The number of nitrogens with two attached hydrogens (primary N) is 1. The molecule has 1 heterocycles. The second-order valence-electron chi connectivity index (χ2n) is 4.56. The number of fused-ring (bicyclic) bond motifs is 1. The molecule has 0 aliphatic heterocycles. The molecule has 0 unspecified atom stereocenters. The molecule has 2 rings (SSSR count). The monoisotopic (exact) mass is 281 g/mol. The molecule has 6 heteroatoms. The summed E-state index contributed by atoms with van der Waals surface area (Å²) in [4.78, 5) is 5.78. The van der Waals surface area contributed by atoms with Gasteiger partial charge < -0.3 is 10.8 Å². The van der Waals surface area contributed by atoms with Crippen LogP contribution in [0, 0.1) is 0 Å². The molecule has 0 amide bonds. The lowest BCUT2D eigenvalue weighted by molar-refractivity contribution is 0.0748. The molecule has 3 N–H and O–H groups in total. The minimum absolute atomic E-state index is 0.160. The number of aliphatic hydroxyl groups is 1. The molecule has 0 radical (unpaired) electrons. The number of hydrogen-bond acceptors (Lipinski definition) is 4. The minimum Gasteiger partial charge on any atom is -0.398 e. The Labute approximate surface area is 115 Å². The zero-order valence-electron chi connectivity index (χ0n) is 11.0. The molecule has 2 aromatic rings. The molecule has 0 aliphatic carbocycles. The molecule has 0 saturated heterocycles. The summed E-state index contributed by atoms with van der Waals surface area (Å²) in [5.74, 6) is 0. The zero-order chi connectivity index (χ0) is 14.5. The Morgan fingerprint density at radius 3 is 2.80 bits per heavy atom. The van der Waals surface area contributed by atoms with Crippen LogP contribution >= 0.6 is 0 Å². The van der Waals surface area contributed by atoms with E-state index in [4.69, 9.17) is 10.8 Å². The average Bonchev–Trinajstić information content (AvgIpc) is 2.42. The van der Waals surface area contributed by atoms with Gasteiger partial charge in [0.25, 0.3) is 6.43 Å². The first-order valence-corrected chi connectivity index (χ1v) is 6.35. The number of halogens is 2. The first kappa shape index (κ1) is 14.6. The van der Waals surface area contributed by atoms with E-state index in [1.165, 1.54) is 4.90 Å². The summed E-state index contributed by atoms with van der Waals surface area (Å²) in [6, 6.07) is 7.18. The zero-order valence-corrected chi connectivity index (χ0v) is 11.0. The van der Waals surface area contributed by atoms with Gasteiger partial charge in [-0.25, -0.2) is 8.78 Å². The summed E-state index contributed by atoms with van der Waals surface area (Å²) < 4.78 is 25.1. The predicted octanol–water partition coefficient (Wildman–Crippen LogP) is 1.88. The molecule has 108 valence electrons. The largest absolute Gasteiger partial charge is 0.398 e. The minimum atomic E-state index is -2.44. The highest BCUT2D eigenvalue weighted by Gasteiger charge is 2.14. The van der Waals surface area contributed by atoms with Crippen molar-refractivity contribution >= 4 is 16.6 Å². The topological polar surface area (TPSA) is 62.4 Å². The van der Waals surface area contributed by atoms with E-state index in [1.54, 1.807) is 24.4 Å². The van der Waals surface area contributed by atoms with Gasteiger partial charge in [0.15, 0.2) is 0 Å². The molecule has 20 heavy (non-hydrogen) atoms. The third-order valence-electron chi connectivity index (χ3n) is 3.09. The van der Waals surface area contributed by atoms with E-state index in [-0.39, 0.29) is 19.7 Å². The number of alkyl halides is 2. The van der Waals surface area contributed by atoms with Crippen molar-refractivity contribution in [3.63, 3.8) is 0 Å². The highest BCUT2D eigenvalue weighted by Crippen LogP contribution is 2.23. The van der Waals surface area contributed by atoms with E-state index in [9.17, 15) is 8.78 Å². The van der Waals surface area contributed by atoms with Crippen LogP contribution in [-0.4, -0.2) is 41.1 Å². The van der Waals surface area contributed by atoms with Gasteiger partial charge in [-0.05, 0) is 23.8 Å². The van der Waals surface area contributed by atoms with Gasteiger partial charge in [0.2, 0.25) is 0 Å². The quantitative estimate of drug-likeness (QED) is 0.794. The van der Waals surface area contributed by atoms with Gasteiger partial charge in [0.1, 0.15) is 0 Å². The maximum atomic E-state index is 12.5. The molecule has 0 spiro atoms.